The fraction of sp³-hybridized carbons (Fsp3) is 0.391. The molecule has 0 spiro atoms. The summed E-state index contributed by atoms with van der Waals surface area (Å²) in [6, 6.07) is 11.9. The molecule has 3 rings (SSSR count). The highest BCUT2D eigenvalue weighted by molar-refractivity contribution is 5.98. The van der Waals surface area contributed by atoms with E-state index in [1.165, 1.54) is 12.1 Å². The molecule has 1 heterocycles. The Balaban J connectivity index is 1.46. The van der Waals surface area contributed by atoms with Crippen LogP contribution in [0.15, 0.2) is 53.7 Å². The van der Waals surface area contributed by atoms with Gasteiger partial charge in [-0.2, -0.15) is 13.2 Å². The van der Waals surface area contributed by atoms with Crippen LogP contribution in [0.1, 0.15) is 23.6 Å². The highest BCUT2D eigenvalue weighted by Crippen LogP contribution is 2.29. The lowest BCUT2D eigenvalue weighted by atomic mass is 10.1. The third-order valence-corrected chi connectivity index (χ3v) is 5.20. The topological polar surface area (TPSA) is 54.4 Å². The van der Waals surface area contributed by atoms with Crippen LogP contribution in [0.25, 0.3) is 0 Å². The first-order valence-corrected chi connectivity index (χ1v) is 10.2. The highest BCUT2D eigenvalue weighted by atomic mass is 19.4. The fourth-order valence-electron chi connectivity index (χ4n) is 3.13. The maximum Gasteiger partial charge on any atom is 0.416 e. The van der Waals surface area contributed by atoms with E-state index in [0.717, 1.165) is 30.8 Å². The van der Waals surface area contributed by atoms with Crippen molar-refractivity contribution in [2.75, 3.05) is 39.8 Å². The number of hydrogen-bond donors (Lipinski definition) is 0. The molecule has 1 saturated heterocycles. The van der Waals surface area contributed by atoms with E-state index in [1.807, 2.05) is 7.05 Å². The standard InChI is InChI=1S/C23H26F3N3O3/c1-17(27-32-15-18-3-7-20(8-4-18)23(24,25)26)19-5-9-21(10-6-19)31-16-22(30)29-13-11-28(2)12-14-29/h3-10H,11-16H2,1-2H3. The number of likely N-dealkylation sites (N-methyl/N-ethyl adjacent to an activating group) is 1. The lowest BCUT2D eigenvalue weighted by molar-refractivity contribution is -0.137. The summed E-state index contributed by atoms with van der Waals surface area (Å²) in [5, 5.41) is 4.02. The van der Waals surface area contributed by atoms with Crippen molar-refractivity contribution in [3.8, 4) is 5.75 Å². The van der Waals surface area contributed by atoms with Gasteiger partial charge in [0.2, 0.25) is 0 Å². The predicted molar refractivity (Wildman–Crippen MR) is 114 cm³/mol. The molecule has 1 aliphatic heterocycles. The average Bonchev–Trinajstić information content (AvgIpc) is 2.78. The Morgan fingerprint density at radius 1 is 1.00 bits per heavy atom. The molecule has 0 saturated carbocycles. The van der Waals surface area contributed by atoms with Crippen LogP contribution in [0, 0.1) is 0 Å². The number of ether oxygens (including phenoxy) is 1. The molecule has 2 aromatic rings. The first-order valence-electron chi connectivity index (χ1n) is 10.2. The maximum atomic E-state index is 12.6. The molecule has 32 heavy (non-hydrogen) atoms. The summed E-state index contributed by atoms with van der Waals surface area (Å²) in [6.07, 6.45) is -4.36. The van der Waals surface area contributed by atoms with E-state index in [0.29, 0.717) is 30.1 Å². The summed E-state index contributed by atoms with van der Waals surface area (Å²) in [5.74, 6) is 0.547. The summed E-state index contributed by atoms with van der Waals surface area (Å²) in [5.41, 5.74) is 1.30. The van der Waals surface area contributed by atoms with Gasteiger partial charge in [0.05, 0.1) is 11.3 Å². The minimum atomic E-state index is -4.36. The number of rotatable bonds is 7. The monoisotopic (exact) mass is 449 g/mol. The van der Waals surface area contributed by atoms with Crippen LogP contribution in [0.2, 0.25) is 0 Å². The summed E-state index contributed by atoms with van der Waals surface area (Å²) >= 11 is 0. The Morgan fingerprint density at radius 3 is 2.22 bits per heavy atom. The number of amides is 1. The summed E-state index contributed by atoms with van der Waals surface area (Å²) < 4.78 is 43.4. The molecule has 0 N–H and O–H groups in total. The number of carbonyl (C=O) groups is 1. The predicted octanol–water partition coefficient (Wildman–Crippen LogP) is 3.80. The molecule has 0 unspecified atom stereocenters. The Hall–Kier alpha value is -3.07. The number of nitrogens with zero attached hydrogens (tertiary/aromatic N) is 3. The largest absolute Gasteiger partial charge is 0.484 e. The number of benzene rings is 2. The van der Waals surface area contributed by atoms with Gasteiger partial charge in [-0.25, -0.2) is 0 Å². The Kier molecular flexibility index (Phi) is 7.74. The van der Waals surface area contributed by atoms with Gasteiger partial charge in [-0.15, -0.1) is 0 Å². The van der Waals surface area contributed by atoms with E-state index in [4.69, 9.17) is 9.57 Å². The minimum Gasteiger partial charge on any atom is -0.484 e. The number of alkyl halides is 3. The van der Waals surface area contributed by atoms with Crippen LogP contribution in [0.3, 0.4) is 0 Å². The second-order valence-corrected chi connectivity index (χ2v) is 7.64. The van der Waals surface area contributed by atoms with Crippen molar-refractivity contribution in [1.29, 1.82) is 0 Å². The van der Waals surface area contributed by atoms with Crippen molar-refractivity contribution in [3.05, 3.63) is 65.2 Å². The van der Waals surface area contributed by atoms with Gasteiger partial charge in [0.15, 0.2) is 6.61 Å². The number of halogens is 3. The van der Waals surface area contributed by atoms with E-state index in [-0.39, 0.29) is 19.1 Å². The Labute approximate surface area is 185 Å². The number of carbonyl (C=O) groups excluding carboxylic acids is 1. The van der Waals surface area contributed by atoms with Crippen molar-refractivity contribution >= 4 is 11.6 Å². The third kappa shape index (κ3) is 6.71. The van der Waals surface area contributed by atoms with Gasteiger partial charge in [-0.1, -0.05) is 17.3 Å². The number of hydrogen-bond acceptors (Lipinski definition) is 5. The van der Waals surface area contributed by atoms with Gasteiger partial charge in [-0.05, 0) is 61.5 Å². The normalized spacial score (nSPS) is 15.5. The molecule has 6 nitrogen and oxygen atoms in total. The van der Waals surface area contributed by atoms with Crippen molar-refractivity contribution in [2.24, 2.45) is 5.16 Å². The van der Waals surface area contributed by atoms with Crippen LogP contribution >= 0.6 is 0 Å². The second-order valence-electron chi connectivity index (χ2n) is 7.64. The molecule has 1 aliphatic rings. The Morgan fingerprint density at radius 2 is 1.62 bits per heavy atom. The van der Waals surface area contributed by atoms with Gasteiger partial charge >= 0.3 is 6.18 Å². The molecule has 2 aromatic carbocycles. The lowest BCUT2D eigenvalue weighted by Crippen LogP contribution is -2.48. The van der Waals surface area contributed by atoms with Crippen molar-refractivity contribution in [1.82, 2.24) is 9.80 Å². The molecule has 1 amide bonds. The molecule has 0 aliphatic carbocycles. The zero-order valence-corrected chi connectivity index (χ0v) is 18.1. The van der Waals surface area contributed by atoms with Crippen LogP contribution < -0.4 is 4.74 Å². The number of piperazine rings is 1. The minimum absolute atomic E-state index is 0.00757. The molecule has 172 valence electrons. The van der Waals surface area contributed by atoms with E-state index in [2.05, 4.69) is 10.1 Å². The molecule has 0 aromatic heterocycles. The molecular weight excluding hydrogens is 423 g/mol. The average molecular weight is 449 g/mol. The molecular formula is C23H26F3N3O3. The van der Waals surface area contributed by atoms with E-state index in [1.54, 1.807) is 36.1 Å². The smallest absolute Gasteiger partial charge is 0.416 e. The zero-order valence-electron chi connectivity index (χ0n) is 18.1. The van der Waals surface area contributed by atoms with Crippen molar-refractivity contribution in [2.45, 2.75) is 19.7 Å². The molecule has 0 radical (unpaired) electrons. The first-order chi connectivity index (χ1) is 15.2. The van der Waals surface area contributed by atoms with Crippen LogP contribution in [-0.2, 0) is 22.4 Å². The van der Waals surface area contributed by atoms with E-state index >= 15 is 0 Å². The third-order valence-electron chi connectivity index (χ3n) is 5.20. The van der Waals surface area contributed by atoms with Crippen LogP contribution in [0.5, 0.6) is 5.75 Å². The van der Waals surface area contributed by atoms with Crippen molar-refractivity contribution < 1.29 is 27.5 Å². The summed E-state index contributed by atoms with van der Waals surface area (Å²) in [4.78, 5) is 21.5. The molecule has 0 atom stereocenters. The summed E-state index contributed by atoms with van der Waals surface area (Å²) in [6.45, 7) is 4.95. The van der Waals surface area contributed by atoms with Gasteiger partial charge in [0, 0.05) is 26.2 Å². The maximum absolute atomic E-state index is 12.6. The van der Waals surface area contributed by atoms with Crippen LogP contribution in [0.4, 0.5) is 13.2 Å². The first kappa shape index (κ1) is 23.6. The second kappa shape index (κ2) is 10.5. The van der Waals surface area contributed by atoms with E-state index < -0.39 is 11.7 Å². The lowest BCUT2D eigenvalue weighted by Gasteiger charge is -2.32. The SMILES string of the molecule is CC(=NOCc1ccc(C(F)(F)F)cc1)c1ccc(OCC(=O)N2CCN(C)CC2)cc1. The highest BCUT2D eigenvalue weighted by Gasteiger charge is 2.29. The zero-order chi connectivity index (χ0) is 23.1. The van der Waals surface area contributed by atoms with Crippen molar-refractivity contribution in [3.63, 3.8) is 0 Å². The van der Waals surface area contributed by atoms with E-state index in [9.17, 15) is 18.0 Å². The fourth-order valence-corrected chi connectivity index (χ4v) is 3.13. The van der Waals surface area contributed by atoms with Gasteiger partial charge in [0.1, 0.15) is 12.4 Å². The summed E-state index contributed by atoms with van der Waals surface area (Å²) in [7, 11) is 2.03. The molecule has 1 fully saturated rings. The van der Waals surface area contributed by atoms with Gasteiger partial charge in [0.25, 0.3) is 5.91 Å². The van der Waals surface area contributed by atoms with Crippen LogP contribution in [-0.4, -0.2) is 61.3 Å². The Bertz CT molecular complexity index is 920. The van der Waals surface area contributed by atoms with Gasteiger partial charge in [-0.3, -0.25) is 4.79 Å². The number of oxime groups is 1. The quantitative estimate of drug-likeness (QED) is 0.477. The van der Waals surface area contributed by atoms with Gasteiger partial charge < -0.3 is 19.4 Å². The molecule has 9 heteroatoms. The molecule has 0 bridgehead atoms.